The molecule has 0 radical (unpaired) electrons. The number of hydrogen-bond acceptors (Lipinski definition) is 3. The smallest absolute Gasteiger partial charge is 0.138 e. The van der Waals surface area contributed by atoms with Gasteiger partial charge in [-0.25, -0.2) is 4.98 Å². The summed E-state index contributed by atoms with van der Waals surface area (Å²) in [5.41, 5.74) is 1.94. The van der Waals surface area contributed by atoms with Crippen molar-refractivity contribution in [2.45, 2.75) is 0 Å². The Balaban J connectivity index is 2.19. The molecule has 0 fully saturated rings. The predicted molar refractivity (Wildman–Crippen MR) is 68.3 cm³/mol. The summed E-state index contributed by atoms with van der Waals surface area (Å²) in [5, 5.41) is 0. The molecule has 1 N–H and O–H groups in total. The van der Waals surface area contributed by atoms with Crippen LogP contribution in [0.4, 0.5) is 0 Å². The van der Waals surface area contributed by atoms with Crippen LogP contribution in [0.5, 0.6) is 5.75 Å². The van der Waals surface area contributed by atoms with Crippen LogP contribution in [0, 0.1) is 0 Å². The second-order valence-corrected chi connectivity index (χ2v) is 3.83. The molecule has 2 aromatic heterocycles. The zero-order valence-electron chi connectivity index (χ0n) is 9.88. The van der Waals surface area contributed by atoms with E-state index in [-0.39, 0.29) is 0 Å². The van der Waals surface area contributed by atoms with Crippen LogP contribution in [-0.2, 0) is 0 Å². The fourth-order valence-corrected chi connectivity index (χ4v) is 1.91. The van der Waals surface area contributed by atoms with E-state index in [1.54, 1.807) is 25.8 Å². The molecule has 18 heavy (non-hydrogen) atoms. The monoisotopic (exact) mass is 240 g/mol. The van der Waals surface area contributed by atoms with Crippen LogP contribution in [-0.4, -0.2) is 17.1 Å². The third kappa shape index (κ3) is 1.78. The Hall–Kier alpha value is -2.49. The number of furan rings is 1. The summed E-state index contributed by atoms with van der Waals surface area (Å²) < 4.78 is 10.7. The Morgan fingerprint density at radius 2 is 2.17 bits per heavy atom. The second-order valence-electron chi connectivity index (χ2n) is 3.83. The Bertz CT molecular complexity index is 628. The molecule has 2 heterocycles. The van der Waals surface area contributed by atoms with E-state index in [4.69, 9.17) is 9.15 Å². The maximum absolute atomic E-state index is 5.46. The van der Waals surface area contributed by atoms with Gasteiger partial charge in [-0.05, 0) is 30.3 Å². The number of benzene rings is 1. The molecule has 0 bridgehead atoms. The average molecular weight is 240 g/mol. The highest BCUT2D eigenvalue weighted by atomic mass is 16.5. The molecule has 4 heteroatoms. The van der Waals surface area contributed by atoms with Crippen molar-refractivity contribution in [1.82, 2.24) is 9.97 Å². The van der Waals surface area contributed by atoms with E-state index in [1.165, 1.54) is 0 Å². The van der Waals surface area contributed by atoms with Gasteiger partial charge in [0.05, 0.1) is 13.4 Å². The second kappa shape index (κ2) is 4.41. The van der Waals surface area contributed by atoms with Crippen LogP contribution in [0.3, 0.4) is 0 Å². The number of aromatic amines is 1. The van der Waals surface area contributed by atoms with E-state index < -0.39 is 0 Å². The van der Waals surface area contributed by atoms with Gasteiger partial charge < -0.3 is 14.1 Å². The first-order valence-corrected chi connectivity index (χ1v) is 5.60. The lowest BCUT2D eigenvalue weighted by Gasteiger charge is -2.07. The molecule has 0 unspecified atom stereocenters. The van der Waals surface area contributed by atoms with Gasteiger partial charge in [0.25, 0.3) is 0 Å². The molecule has 0 aliphatic rings. The number of imidazole rings is 1. The van der Waals surface area contributed by atoms with Crippen LogP contribution in [0.1, 0.15) is 0 Å². The third-order valence-corrected chi connectivity index (χ3v) is 2.77. The highest BCUT2D eigenvalue weighted by Crippen LogP contribution is 2.33. The Morgan fingerprint density at radius 3 is 2.83 bits per heavy atom. The van der Waals surface area contributed by atoms with E-state index in [1.807, 2.05) is 30.3 Å². The Morgan fingerprint density at radius 1 is 1.22 bits per heavy atom. The molecule has 0 aliphatic heterocycles. The lowest BCUT2D eigenvalue weighted by Crippen LogP contribution is -1.89. The third-order valence-electron chi connectivity index (χ3n) is 2.77. The van der Waals surface area contributed by atoms with Gasteiger partial charge in [0, 0.05) is 23.5 Å². The van der Waals surface area contributed by atoms with Crippen LogP contribution in [0.2, 0.25) is 0 Å². The fourth-order valence-electron chi connectivity index (χ4n) is 1.91. The van der Waals surface area contributed by atoms with Gasteiger partial charge in [0.15, 0.2) is 0 Å². The number of ether oxygens (including phenoxy) is 1. The molecule has 0 atom stereocenters. The van der Waals surface area contributed by atoms with E-state index in [2.05, 4.69) is 9.97 Å². The van der Waals surface area contributed by atoms with Crippen molar-refractivity contribution < 1.29 is 9.15 Å². The Labute approximate surface area is 104 Å². The summed E-state index contributed by atoms with van der Waals surface area (Å²) in [6.45, 7) is 0. The first-order valence-electron chi connectivity index (χ1n) is 5.60. The van der Waals surface area contributed by atoms with E-state index >= 15 is 0 Å². The first-order chi connectivity index (χ1) is 8.88. The number of nitrogens with one attached hydrogen (secondary N) is 1. The number of nitrogens with zero attached hydrogens (tertiary/aromatic N) is 1. The molecule has 1 aromatic carbocycles. The van der Waals surface area contributed by atoms with Gasteiger partial charge in [-0.2, -0.15) is 0 Å². The fraction of sp³-hybridized carbons (Fsp3) is 0.0714. The molecule has 4 nitrogen and oxygen atoms in total. The van der Waals surface area contributed by atoms with Crippen LogP contribution in [0.15, 0.2) is 53.4 Å². The summed E-state index contributed by atoms with van der Waals surface area (Å²) in [4.78, 5) is 7.37. The number of aromatic nitrogens is 2. The highest BCUT2D eigenvalue weighted by Gasteiger charge is 2.12. The average Bonchev–Trinajstić information content (AvgIpc) is 3.11. The largest absolute Gasteiger partial charge is 0.497 e. The molecule has 0 amide bonds. The highest BCUT2D eigenvalue weighted by molar-refractivity contribution is 5.79. The van der Waals surface area contributed by atoms with Crippen molar-refractivity contribution >= 4 is 0 Å². The number of methoxy groups -OCH3 is 1. The van der Waals surface area contributed by atoms with E-state index in [0.717, 1.165) is 28.5 Å². The van der Waals surface area contributed by atoms with Crippen molar-refractivity contribution in [3.05, 3.63) is 49.0 Å². The lowest BCUT2D eigenvalue weighted by atomic mass is 10.0. The first kappa shape index (κ1) is 10.7. The van der Waals surface area contributed by atoms with Crippen LogP contribution in [0.25, 0.3) is 22.7 Å². The molecule has 3 aromatic rings. The molecule has 0 saturated heterocycles. The van der Waals surface area contributed by atoms with Crippen LogP contribution >= 0.6 is 0 Å². The maximum atomic E-state index is 5.46. The molecule has 0 spiro atoms. The van der Waals surface area contributed by atoms with Gasteiger partial charge in [0.1, 0.15) is 17.3 Å². The zero-order chi connectivity index (χ0) is 12.4. The molecule has 90 valence electrons. The van der Waals surface area contributed by atoms with Crippen molar-refractivity contribution in [3.63, 3.8) is 0 Å². The van der Waals surface area contributed by atoms with Gasteiger partial charge >= 0.3 is 0 Å². The maximum Gasteiger partial charge on any atom is 0.138 e. The number of hydrogen-bond donors (Lipinski definition) is 1. The molecular formula is C14H12N2O2. The number of rotatable bonds is 3. The zero-order valence-corrected chi connectivity index (χ0v) is 9.88. The van der Waals surface area contributed by atoms with Gasteiger partial charge in [0.2, 0.25) is 0 Å². The normalized spacial score (nSPS) is 10.5. The van der Waals surface area contributed by atoms with Gasteiger partial charge in [-0.1, -0.05) is 0 Å². The van der Waals surface area contributed by atoms with Gasteiger partial charge in [-0.15, -0.1) is 0 Å². The molecule has 0 aliphatic carbocycles. The SMILES string of the molecule is COc1ccc(-c2ncc[nH]2)c(-c2ccco2)c1. The minimum Gasteiger partial charge on any atom is -0.497 e. The predicted octanol–water partition coefficient (Wildman–Crippen LogP) is 3.35. The lowest BCUT2D eigenvalue weighted by molar-refractivity contribution is 0.415. The van der Waals surface area contributed by atoms with Gasteiger partial charge in [-0.3, -0.25) is 0 Å². The minimum atomic E-state index is 0.789. The summed E-state index contributed by atoms with van der Waals surface area (Å²) in [5.74, 6) is 2.39. The van der Waals surface area contributed by atoms with Crippen molar-refractivity contribution in [1.29, 1.82) is 0 Å². The molecule has 3 rings (SSSR count). The van der Waals surface area contributed by atoms with Crippen molar-refractivity contribution in [2.75, 3.05) is 7.11 Å². The summed E-state index contributed by atoms with van der Waals surface area (Å²) >= 11 is 0. The molecular weight excluding hydrogens is 228 g/mol. The number of H-pyrrole nitrogens is 1. The van der Waals surface area contributed by atoms with E-state index in [0.29, 0.717) is 0 Å². The summed E-state index contributed by atoms with van der Waals surface area (Å²) in [7, 11) is 1.65. The Kier molecular flexibility index (Phi) is 2.61. The standard InChI is InChI=1S/C14H12N2O2/c1-17-10-4-5-11(14-15-6-7-16-14)12(9-10)13-3-2-8-18-13/h2-9H,1H3,(H,15,16). The quantitative estimate of drug-likeness (QED) is 0.763. The summed E-state index contributed by atoms with van der Waals surface area (Å²) in [6, 6.07) is 9.60. The summed E-state index contributed by atoms with van der Waals surface area (Å²) in [6.07, 6.45) is 5.18. The van der Waals surface area contributed by atoms with Crippen LogP contribution < -0.4 is 4.74 Å². The topological polar surface area (TPSA) is 51.0 Å². The van der Waals surface area contributed by atoms with Crippen molar-refractivity contribution in [3.8, 4) is 28.5 Å². The minimum absolute atomic E-state index is 0.789. The van der Waals surface area contributed by atoms with E-state index in [9.17, 15) is 0 Å². The molecule has 0 saturated carbocycles. The van der Waals surface area contributed by atoms with Crippen molar-refractivity contribution in [2.24, 2.45) is 0 Å².